The Kier molecular flexibility index (Phi) is 5.70. The van der Waals surface area contributed by atoms with Gasteiger partial charge in [-0.15, -0.1) is 0 Å². The molecule has 3 atom stereocenters. The van der Waals surface area contributed by atoms with Crippen molar-refractivity contribution in [1.29, 1.82) is 0 Å². The van der Waals surface area contributed by atoms with Crippen molar-refractivity contribution in [3.8, 4) is 0 Å². The summed E-state index contributed by atoms with van der Waals surface area (Å²) in [5, 5.41) is 3.05. The van der Waals surface area contributed by atoms with Crippen LogP contribution < -0.4 is 5.32 Å². The molecule has 2 aliphatic rings. The average Bonchev–Trinajstić information content (AvgIpc) is 3.24. The normalized spacial score (nSPS) is 28.9. The molecule has 20 heavy (non-hydrogen) atoms. The van der Waals surface area contributed by atoms with E-state index in [1.165, 1.54) is 32.2 Å². The fraction of sp³-hybridized carbons (Fsp3) is 0.938. The zero-order valence-electron chi connectivity index (χ0n) is 13.2. The first kappa shape index (κ1) is 15.6. The lowest BCUT2D eigenvalue weighted by atomic mass is 9.90. The Morgan fingerprint density at radius 3 is 2.60 bits per heavy atom. The number of amides is 1. The summed E-state index contributed by atoms with van der Waals surface area (Å²) in [6, 6.07) is 0.969. The van der Waals surface area contributed by atoms with Gasteiger partial charge in [-0.2, -0.15) is 0 Å². The zero-order chi connectivity index (χ0) is 14.5. The standard InChI is InChI=1S/C16H30N2O2/c1-4-12-9-14(17-16(19)20-6-3)11-18(10-12)15(5-2)13-7-8-13/h12-15H,4-11H2,1-3H3,(H,17,19). The molecule has 0 aromatic heterocycles. The van der Waals surface area contributed by atoms with Crippen molar-refractivity contribution in [2.75, 3.05) is 19.7 Å². The third kappa shape index (κ3) is 4.11. The fourth-order valence-electron chi connectivity index (χ4n) is 3.62. The molecule has 0 bridgehead atoms. The molecule has 2 fully saturated rings. The molecule has 1 saturated carbocycles. The minimum Gasteiger partial charge on any atom is -0.450 e. The van der Waals surface area contributed by atoms with E-state index in [9.17, 15) is 4.79 Å². The smallest absolute Gasteiger partial charge is 0.407 e. The maximum atomic E-state index is 11.6. The molecule has 0 aromatic carbocycles. The van der Waals surface area contributed by atoms with E-state index in [-0.39, 0.29) is 12.1 Å². The molecule has 1 aliphatic heterocycles. The second kappa shape index (κ2) is 7.30. The Balaban J connectivity index is 1.93. The van der Waals surface area contributed by atoms with Crippen LogP contribution in [0.25, 0.3) is 0 Å². The van der Waals surface area contributed by atoms with E-state index in [1.54, 1.807) is 0 Å². The SMILES string of the molecule is CCOC(=O)NC1CC(CC)CN(C(CC)C2CC2)C1. The number of hydrogen-bond acceptors (Lipinski definition) is 3. The molecular formula is C16H30N2O2. The summed E-state index contributed by atoms with van der Waals surface area (Å²) < 4.78 is 5.03. The third-order valence-corrected chi connectivity index (χ3v) is 4.79. The third-order valence-electron chi connectivity index (χ3n) is 4.79. The highest BCUT2D eigenvalue weighted by molar-refractivity contribution is 5.67. The lowest BCUT2D eigenvalue weighted by Gasteiger charge is -2.42. The minimum absolute atomic E-state index is 0.251. The van der Waals surface area contributed by atoms with E-state index in [1.807, 2.05) is 6.92 Å². The van der Waals surface area contributed by atoms with E-state index in [0.29, 0.717) is 12.5 Å². The Bertz CT molecular complexity index is 318. The number of hydrogen-bond donors (Lipinski definition) is 1. The topological polar surface area (TPSA) is 41.6 Å². The Morgan fingerprint density at radius 2 is 2.05 bits per heavy atom. The van der Waals surface area contributed by atoms with Gasteiger partial charge in [0.25, 0.3) is 0 Å². The number of nitrogens with one attached hydrogen (secondary N) is 1. The van der Waals surface area contributed by atoms with Crippen LogP contribution in [-0.2, 0) is 4.74 Å². The Hall–Kier alpha value is -0.770. The minimum atomic E-state index is -0.256. The quantitative estimate of drug-likeness (QED) is 0.814. The van der Waals surface area contributed by atoms with Crippen LogP contribution in [0.3, 0.4) is 0 Å². The molecule has 4 heteroatoms. The van der Waals surface area contributed by atoms with E-state index in [2.05, 4.69) is 24.1 Å². The van der Waals surface area contributed by atoms with Gasteiger partial charge in [0, 0.05) is 25.2 Å². The van der Waals surface area contributed by atoms with Crippen molar-refractivity contribution < 1.29 is 9.53 Å². The Morgan fingerprint density at radius 1 is 1.30 bits per heavy atom. The summed E-state index contributed by atoms with van der Waals surface area (Å²) >= 11 is 0. The lowest BCUT2D eigenvalue weighted by molar-refractivity contribution is 0.0771. The van der Waals surface area contributed by atoms with Crippen LogP contribution in [0, 0.1) is 11.8 Å². The van der Waals surface area contributed by atoms with Gasteiger partial charge >= 0.3 is 6.09 Å². The Labute approximate surface area is 123 Å². The van der Waals surface area contributed by atoms with Crippen molar-refractivity contribution in [2.24, 2.45) is 11.8 Å². The molecule has 1 N–H and O–H groups in total. The predicted octanol–water partition coefficient (Wildman–Crippen LogP) is 3.02. The number of likely N-dealkylation sites (tertiary alicyclic amines) is 1. The van der Waals surface area contributed by atoms with Crippen LogP contribution in [0.4, 0.5) is 4.79 Å². The van der Waals surface area contributed by atoms with Crippen molar-refractivity contribution in [3.63, 3.8) is 0 Å². The molecule has 0 radical (unpaired) electrons. The van der Waals surface area contributed by atoms with E-state index in [4.69, 9.17) is 4.74 Å². The first-order valence-corrected chi connectivity index (χ1v) is 8.35. The van der Waals surface area contributed by atoms with Crippen LogP contribution in [0.1, 0.15) is 52.9 Å². The number of alkyl carbamates (subject to hydrolysis) is 1. The van der Waals surface area contributed by atoms with Gasteiger partial charge in [-0.25, -0.2) is 4.79 Å². The molecule has 1 saturated heterocycles. The van der Waals surface area contributed by atoms with Gasteiger partial charge in [0.1, 0.15) is 0 Å². The second-order valence-corrected chi connectivity index (χ2v) is 6.34. The number of carbonyl (C=O) groups is 1. The molecule has 0 spiro atoms. The van der Waals surface area contributed by atoms with Crippen LogP contribution in [0.5, 0.6) is 0 Å². The fourth-order valence-corrected chi connectivity index (χ4v) is 3.62. The average molecular weight is 282 g/mol. The highest BCUT2D eigenvalue weighted by Crippen LogP contribution is 2.38. The number of rotatable bonds is 6. The van der Waals surface area contributed by atoms with E-state index < -0.39 is 0 Å². The summed E-state index contributed by atoms with van der Waals surface area (Å²) in [4.78, 5) is 14.3. The maximum absolute atomic E-state index is 11.6. The van der Waals surface area contributed by atoms with Crippen molar-refractivity contribution in [1.82, 2.24) is 10.2 Å². The van der Waals surface area contributed by atoms with Gasteiger partial charge in [-0.05, 0) is 44.4 Å². The monoisotopic (exact) mass is 282 g/mol. The molecule has 1 aliphatic carbocycles. The predicted molar refractivity (Wildman–Crippen MR) is 80.7 cm³/mol. The summed E-state index contributed by atoms with van der Waals surface area (Å²) in [5.41, 5.74) is 0. The largest absolute Gasteiger partial charge is 0.450 e. The molecule has 4 nitrogen and oxygen atoms in total. The molecular weight excluding hydrogens is 252 g/mol. The van der Waals surface area contributed by atoms with Crippen LogP contribution in [-0.4, -0.2) is 42.8 Å². The van der Waals surface area contributed by atoms with Crippen molar-refractivity contribution in [2.45, 2.75) is 65.0 Å². The zero-order valence-corrected chi connectivity index (χ0v) is 13.2. The summed E-state index contributed by atoms with van der Waals surface area (Å²) in [5.74, 6) is 1.60. The summed E-state index contributed by atoms with van der Waals surface area (Å²) in [7, 11) is 0. The van der Waals surface area contributed by atoms with Crippen LogP contribution >= 0.6 is 0 Å². The highest BCUT2D eigenvalue weighted by atomic mass is 16.5. The number of piperidine rings is 1. The lowest BCUT2D eigenvalue weighted by Crippen LogP contribution is -2.54. The first-order chi connectivity index (χ1) is 9.67. The summed E-state index contributed by atoms with van der Waals surface area (Å²) in [6.45, 7) is 9.04. The van der Waals surface area contributed by atoms with Crippen LogP contribution in [0.2, 0.25) is 0 Å². The highest BCUT2D eigenvalue weighted by Gasteiger charge is 2.38. The van der Waals surface area contributed by atoms with E-state index >= 15 is 0 Å². The van der Waals surface area contributed by atoms with Gasteiger partial charge in [-0.1, -0.05) is 20.3 Å². The maximum Gasteiger partial charge on any atom is 0.407 e. The molecule has 2 rings (SSSR count). The molecule has 3 unspecified atom stereocenters. The molecule has 116 valence electrons. The van der Waals surface area contributed by atoms with Gasteiger partial charge in [0.2, 0.25) is 0 Å². The van der Waals surface area contributed by atoms with Gasteiger partial charge in [-0.3, -0.25) is 4.90 Å². The number of nitrogens with zero attached hydrogens (tertiary/aromatic N) is 1. The molecule has 0 aromatic rings. The molecule has 1 heterocycles. The van der Waals surface area contributed by atoms with Gasteiger partial charge in [0.05, 0.1) is 6.61 Å². The van der Waals surface area contributed by atoms with E-state index in [0.717, 1.165) is 24.9 Å². The molecule has 1 amide bonds. The summed E-state index contributed by atoms with van der Waals surface area (Å²) in [6.07, 6.45) is 6.04. The second-order valence-electron chi connectivity index (χ2n) is 6.34. The van der Waals surface area contributed by atoms with Gasteiger partial charge < -0.3 is 10.1 Å². The number of ether oxygens (including phenoxy) is 1. The van der Waals surface area contributed by atoms with Crippen molar-refractivity contribution >= 4 is 6.09 Å². The van der Waals surface area contributed by atoms with Crippen molar-refractivity contribution in [3.05, 3.63) is 0 Å². The van der Waals surface area contributed by atoms with Gasteiger partial charge in [0.15, 0.2) is 0 Å². The number of carbonyl (C=O) groups excluding carboxylic acids is 1. The first-order valence-electron chi connectivity index (χ1n) is 8.35. The van der Waals surface area contributed by atoms with Crippen LogP contribution in [0.15, 0.2) is 0 Å².